The van der Waals surface area contributed by atoms with Crippen molar-refractivity contribution in [2.24, 2.45) is 0 Å². The highest BCUT2D eigenvalue weighted by atomic mass is 19.4. The summed E-state index contributed by atoms with van der Waals surface area (Å²) in [7, 11) is 0. The Balaban J connectivity index is 2.64. The van der Waals surface area contributed by atoms with Crippen LogP contribution in [0.15, 0.2) is 36.5 Å². The highest BCUT2D eigenvalue weighted by Gasteiger charge is 2.33. The molecule has 0 aliphatic rings. The van der Waals surface area contributed by atoms with E-state index in [1.807, 2.05) is 0 Å². The molecule has 0 spiro atoms. The summed E-state index contributed by atoms with van der Waals surface area (Å²) in [6.07, 6.45) is -9.71. The van der Waals surface area contributed by atoms with Gasteiger partial charge in [0.05, 0.1) is 23.2 Å². The van der Waals surface area contributed by atoms with E-state index in [0.717, 1.165) is 18.2 Å². The van der Waals surface area contributed by atoms with Crippen LogP contribution in [0, 0.1) is 0 Å². The highest BCUT2D eigenvalue weighted by Crippen LogP contribution is 2.36. The second kappa shape index (κ2) is 6.14. The first-order valence-corrected chi connectivity index (χ1v) is 6.44. The molecule has 0 atom stereocenters. The molecule has 0 radical (unpaired) electrons. The lowest BCUT2D eigenvalue weighted by molar-refractivity contribution is -0.138. The average Bonchev–Trinajstić information content (AvgIpc) is 2.45. The summed E-state index contributed by atoms with van der Waals surface area (Å²) in [5.41, 5.74) is -2.99. The molecule has 0 aliphatic heterocycles. The van der Waals surface area contributed by atoms with Gasteiger partial charge in [0.2, 0.25) is 0 Å². The van der Waals surface area contributed by atoms with Crippen LogP contribution in [-0.4, -0.2) is 16.1 Å². The number of aromatic nitrogens is 1. The molecule has 0 fully saturated rings. The van der Waals surface area contributed by atoms with Crippen LogP contribution in [0.25, 0.3) is 11.1 Å². The molecule has 0 aliphatic carbocycles. The SMILES string of the molecule is O=C(O)Cc1ncc(C(F)(F)F)cc1-c1cccc(C(F)(F)F)c1. The number of aliphatic carboxylic acids is 1. The number of rotatable bonds is 3. The number of benzene rings is 1. The zero-order valence-corrected chi connectivity index (χ0v) is 11.7. The van der Waals surface area contributed by atoms with E-state index in [-0.39, 0.29) is 16.8 Å². The average molecular weight is 349 g/mol. The van der Waals surface area contributed by atoms with Gasteiger partial charge in [-0.25, -0.2) is 0 Å². The molecular formula is C15H9F6NO2. The Morgan fingerprint density at radius 1 is 1.00 bits per heavy atom. The topological polar surface area (TPSA) is 50.2 Å². The quantitative estimate of drug-likeness (QED) is 0.835. The van der Waals surface area contributed by atoms with E-state index in [4.69, 9.17) is 5.11 Å². The second-order valence-electron chi connectivity index (χ2n) is 4.87. The van der Waals surface area contributed by atoms with Crippen molar-refractivity contribution in [1.82, 2.24) is 4.98 Å². The molecule has 1 aromatic carbocycles. The van der Waals surface area contributed by atoms with Gasteiger partial charge in [0.1, 0.15) is 0 Å². The first-order chi connectivity index (χ1) is 11.0. The Bertz CT molecular complexity index is 767. The molecule has 1 N–H and O–H groups in total. The largest absolute Gasteiger partial charge is 0.481 e. The minimum atomic E-state index is -4.76. The fourth-order valence-electron chi connectivity index (χ4n) is 2.05. The highest BCUT2D eigenvalue weighted by molar-refractivity contribution is 5.76. The maximum Gasteiger partial charge on any atom is 0.417 e. The van der Waals surface area contributed by atoms with Gasteiger partial charge < -0.3 is 5.11 Å². The van der Waals surface area contributed by atoms with Gasteiger partial charge >= 0.3 is 18.3 Å². The van der Waals surface area contributed by atoms with Gasteiger partial charge in [0, 0.05) is 11.8 Å². The fourth-order valence-corrected chi connectivity index (χ4v) is 2.05. The Kier molecular flexibility index (Phi) is 4.54. The van der Waals surface area contributed by atoms with Gasteiger partial charge in [0.25, 0.3) is 0 Å². The summed E-state index contributed by atoms with van der Waals surface area (Å²) >= 11 is 0. The number of hydrogen-bond donors (Lipinski definition) is 1. The number of nitrogens with zero attached hydrogens (tertiary/aromatic N) is 1. The van der Waals surface area contributed by atoms with Gasteiger partial charge in [-0.3, -0.25) is 9.78 Å². The van der Waals surface area contributed by atoms with Crippen LogP contribution < -0.4 is 0 Å². The number of carboxylic acids is 1. The minimum Gasteiger partial charge on any atom is -0.481 e. The van der Waals surface area contributed by atoms with Gasteiger partial charge in [0.15, 0.2) is 0 Å². The number of hydrogen-bond acceptors (Lipinski definition) is 2. The monoisotopic (exact) mass is 349 g/mol. The molecule has 0 saturated heterocycles. The molecule has 1 heterocycles. The Hall–Kier alpha value is -2.58. The zero-order chi connectivity index (χ0) is 18.1. The van der Waals surface area contributed by atoms with E-state index in [1.54, 1.807) is 0 Å². The molecule has 24 heavy (non-hydrogen) atoms. The normalized spacial score (nSPS) is 12.2. The zero-order valence-electron chi connectivity index (χ0n) is 11.7. The standard InChI is InChI=1S/C15H9F6NO2/c16-14(17,18)9-3-1-2-8(4-9)11-5-10(15(19,20)21)7-22-12(11)6-13(23)24/h1-5,7H,6H2,(H,23,24). The molecule has 0 saturated carbocycles. The molecule has 2 aromatic rings. The summed E-state index contributed by atoms with van der Waals surface area (Å²) < 4.78 is 76.7. The molecule has 0 amide bonds. The Labute approximate surface area is 131 Å². The molecule has 1 aromatic heterocycles. The lowest BCUT2D eigenvalue weighted by Crippen LogP contribution is -2.10. The maximum atomic E-state index is 12.8. The van der Waals surface area contributed by atoms with E-state index < -0.39 is 35.9 Å². The summed E-state index contributed by atoms with van der Waals surface area (Å²) in [4.78, 5) is 14.3. The second-order valence-corrected chi connectivity index (χ2v) is 4.87. The van der Waals surface area contributed by atoms with Crippen LogP contribution in [0.4, 0.5) is 26.3 Å². The van der Waals surface area contributed by atoms with Crippen LogP contribution in [0.2, 0.25) is 0 Å². The number of alkyl halides is 6. The van der Waals surface area contributed by atoms with E-state index in [1.165, 1.54) is 0 Å². The lowest BCUT2D eigenvalue weighted by Gasteiger charge is -2.14. The number of halogens is 6. The number of pyridine rings is 1. The van der Waals surface area contributed by atoms with Gasteiger partial charge in [-0.1, -0.05) is 12.1 Å². The maximum absolute atomic E-state index is 12.8. The van der Waals surface area contributed by atoms with Gasteiger partial charge in [-0.2, -0.15) is 26.3 Å². The Morgan fingerprint density at radius 3 is 2.17 bits per heavy atom. The summed E-state index contributed by atoms with van der Waals surface area (Å²) in [6.45, 7) is 0. The van der Waals surface area contributed by atoms with Crippen molar-refractivity contribution < 1.29 is 36.2 Å². The van der Waals surface area contributed by atoms with Crippen molar-refractivity contribution in [3.8, 4) is 11.1 Å². The molecular weight excluding hydrogens is 340 g/mol. The molecule has 0 bridgehead atoms. The van der Waals surface area contributed by atoms with Crippen molar-refractivity contribution in [2.45, 2.75) is 18.8 Å². The fraction of sp³-hybridized carbons (Fsp3) is 0.200. The third-order valence-corrected chi connectivity index (χ3v) is 3.12. The van der Waals surface area contributed by atoms with Crippen LogP contribution in [0.1, 0.15) is 16.8 Å². The number of carbonyl (C=O) groups is 1. The Morgan fingerprint density at radius 2 is 1.62 bits per heavy atom. The summed E-state index contributed by atoms with van der Waals surface area (Å²) in [5, 5.41) is 8.81. The van der Waals surface area contributed by atoms with Crippen molar-refractivity contribution in [3.05, 3.63) is 53.3 Å². The van der Waals surface area contributed by atoms with Crippen LogP contribution in [-0.2, 0) is 23.6 Å². The van der Waals surface area contributed by atoms with Crippen molar-refractivity contribution >= 4 is 5.97 Å². The third kappa shape index (κ3) is 4.03. The van der Waals surface area contributed by atoms with E-state index >= 15 is 0 Å². The minimum absolute atomic E-state index is 0.195. The van der Waals surface area contributed by atoms with E-state index in [2.05, 4.69) is 4.98 Å². The smallest absolute Gasteiger partial charge is 0.417 e. The number of carboxylic acid groups (broad SMARTS) is 1. The summed E-state index contributed by atoms with van der Waals surface area (Å²) in [5.74, 6) is -1.37. The summed E-state index contributed by atoms with van der Waals surface area (Å²) in [6, 6.07) is 4.21. The molecule has 2 rings (SSSR count). The van der Waals surface area contributed by atoms with Crippen LogP contribution in [0.5, 0.6) is 0 Å². The predicted molar refractivity (Wildman–Crippen MR) is 71.0 cm³/mol. The third-order valence-electron chi connectivity index (χ3n) is 3.12. The first-order valence-electron chi connectivity index (χ1n) is 6.44. The molecule has 9 heteroatoms. The van der Waals surface area contributed by atoms with Crippen molar-refractivity contribution in [3.63, 3.8) is 0 Å². The van der Waals surface area contributed by atoms with Crippen molar-refractivity contribution in [2.75, 3.05) is 0 Å². The lowest BCUT2D eigenvalue weighted by atomic mass is 9.98. The van der Waals surface area contributed by atoms with Crippen LogP contribution >= 0.6 is 0 Å². The van der Waals surface area contributed by atoms with Gasteiger partial charge in [-0.05, 0) is 23.8 Å². The molecule has 3 nitrogen and oxygen atoms in total. The van der Waals surface area contributed by atoms with Gasteiger partial charge in [-0.15, -0.1) is 0 Å². The predicted octanol–water partition coefficient (Wildman–Crippen LogP) is 4.41. The molecule has 128 valence electrons. The van der Waals surface area contributed by atoms with E-state index in [9.17, 15) is 31.1 Å². The first kappa shape index (κ1) is 17.8. The molecule has 0 unspecified atom stereocenters. The van der Waals surface area contributed by atoms with Crippen molar-refractivity contribution in [1.29, 1.82) is 0 Å². The van der Waals surface area contributed by atoms with E-state index in [0.29, 0.717) is 18.3 Å². The van der Waals surface area contributed by atoms with Crippen LogP contribution in [0.3, 0.4) is 0 Å².